The second kappa shape index (κ2) is 18.8. The Hall–Kier alpha value is -8.09. The molecule has 6 heteroatoms. The summed E-state index contributed by atoms with van der Waals surface area (Å²) < 4.78 is 16.1. The minimum Gasteiger partial charge on any atom is -0.457 e. The van der Waals surface area contributed by atoms with Crippen LogP contribution in [0, 0.1) is 0 Å². The lowest BCUT2D eigenvalue weighted by Crippen LogP contribution is -2.25. The molecule has 8 aromatic carbocycles. The molecule has 12 rings (SSSR count). The van der Waals surface area contributed by atoms with Gasteiger partial charge in [-0.3, -0.25) is 4.57 Å². The number of anilines is 4. The largest absolute Gasteiger partial charge is 0.457 e. The second-order valence-corrected chi connectivity index (χ2v) is 27.5. The predicted molar refractivity (Wildman–Crippen MR) is 339 cm³/mol. The van der Waals surface area contributed by atoms with Crippen LogP contribution in [0.1, 0.15) is 132 Å². The van der Waals surface area contributed by atoms with Gasteiger partial charge in [0.15, 0.2) is 5.58 Å². The van der Waals surface area contributed by atoms with Gasteiger partial charge in [0.1, 0.15) is 35.1 Å². The maximum Gasteiger partial charge on any atom is 0.161 e. The number of para-hydroxylation sites is 3. The van der Waals surface area contributed by atoms with Crippen LogP contribution >= 0.6 is 0 Å². The van der Waals surface area contributed by atoms with Crippen LogP contribution in [0.25, 0.3) is 71.8 Å². The summed E-state index contributed by atoms with van der Waals surface area (Å²) in [4.78, 5) is 10.0. The molecule has 0 aliphatic carbocycles. The van der Waals surface area contributed by atoms with E-state index in [1.807, 2.05) is 6.20 Å². The van der Waals surface area contributed by atoms with Crippen LogP contribution in [0.3, 0.4) is 0 Å². The zero-order chi connectivity index (χ0) is 56.4. The molecule has 0 saturated heterocycles. The average Bonchev–Trinajstić information content (AvgIpc) is 4.28. The summed E-state index contributed by atoms with van der Waals surface area (Å²) in [5.41, 5.74) is 19.3. The van der Waals surface area contributed by atoms with Gasteiger partial charge in [-0.15, -0.1) is 0 Å². The highest BCUT2D eigenvalue weighted by atomic mass is 16.5. The van der Waals surface area contributed by atoms with E-state index in [1.165, 1.54) is 55.8 Å². The number of aromatic nitrogens is 2. The summed E-state index contributed by atoms with van der Waals surface area (Å²) in [7, 11) is 0. The van der Waals surface area contributed by atoms with E-state index in [1.54, 1.807) is 0 Å². The molecule has 80 heavy (non-hydrogen) atoms. The fraction of sp³-hybridized carbons (Fsp3) is 0.284. The summed E-state index contributed by atoms with van der Waals surface area (Å²) in [6, 6.07) is 62.5. The Balaban J connectivity index is 0.991. The van der Waals surface area contributed by atoms with Crippen LogP contribution in [0.2, 0.25) is 0 Å². The fourth-order valence-corrected chi connectivity index (χ4v) is 11.6. The molecular weight excluding hydrogens is 977 g/mol. The zero-order valence-corrected chi connectivity index (χ0v) is 49.6. The van der Waals surface area contributed by atoms with Crippen molar-refractivity contribution < 1.29 is 9.15 Å². The Bertz CT molecular complexity index is 4070. The van der Waals surface area contributed by atoms with Crippen molar-refractivity contribution in [2.75, 3.05) is 16.5 Å². The van der Waals surface area contributed by atoms with Crippen LogP contribution in [0.4, 0.5) is 22.7 Å². The molecule has 0 N–H and O–H groups in total. The summed E-state index contributed by atoms with van der Waals surface area (Å²) in [5, 5.41) is 4.37. The number of fused-ring (bicyclic) bond motifs is 8. The first-order valence-corrected chi connectivity index (χ1v) is 28.5. The van der Waals surface area contributed by atoms with Crippen molar-refractivity contribution in [1.82, 2.24) is 9.55 Å². The summed E-state index contributed by atoms with van der Waals surface area (Å²) >= 11 is 0. The quantitative estimate of drug-likeness (QED) is 0.159. The lowest BCUT2D eigenvalue weighted by Gasteiger charge is -2.31. The maximum absolute atomic E-state index is 6.99. The van der Waals surface area contributed by atoms with Crippen LogP contribution in [0.5, 0.6) is 11.5 Å². The Morgan fingerprint density at radius 1 is 0.450 bits per heavy atom. The molecule has 0 amide bonds. The van der Waals surface area contributed by atoms with Gasteiger partial charge in [-0.1, -0.05) is 207 Å². The van der Waals surface area contributed by atoms with Gasteiger partial charge < -0.3 is 19.0 Å². The van der Waals surface area contributed by atoms with Crippen molar-refractivity contribution >= 4 is 66.5 Å². The van der Waals surface area contributed by atoms with Gasteiger partial charge >= 0.3 is 0 Å². The lowest BCUT2D eigenvalue weighted by atomic mass is 9.77. The molecule has 1 aliphatic heterocycles. The van der Waals surface area contributed by atoms with Crippen molar-refractivity contribution in [3.05, 3.63) is 204 Å². The van der Waals surface area contributed by atoms with Crippen molar-refractivity contribution in [2.45, 2.75) is 131 Å². The molecule has 0 bridgehead atoms. The number of nitrogens with zero attached hydrogens (tertiary/aromatic N) is 4. The first-order chi connectivity index (χ1) is 37.8. The highest BCUT2D eigenvalue weighted by Crippen LogP contribution is 2.52. The lowest BCUT2D eigenvalue weighted by molar-refractivity contribution is 0.483. The summed E-state index contributed by atoms with van der Waals surface area (Å²) in [5.74, 6) is 2.30. The minimum absolute atomic E-state index is 0.0536. The second-order valence-electron chi connectivity index (χ2n) is 27.5. The molecule has 0 fully saturated rings. The summed E-state index contributed by atoms with van der Waals surface area (Å²) in [6.07, 6.45) is 1.93. The third-order valence-electron chi connectivity index (χ3n) is 16.4. The van der Waals surface area contributed by atoms with E-state index in [0.717, 1.165) is 78.1 Å². The van der Waals surface area contributed by atoms with E-state index in [9.17, 15) is 0 Å². The molecule has 11 aromatic rings. The first-order valence-electron chi connectivity index (χ1n) is 28.5. The van der Waals surface area contributed by atoms with E-state index in [-0.39, 0.29) is 27.1 Å². The van der Waals surface area contributed by atoms with Gasteiger partial charge in [0, 0.05) is 40.5 Å². The van der Waals surface area contributed by atoms with Crippen LogP contribution in [-0.4, -0.2) is 16.2 Å². The minimum atomic E-state index is -0.0782. The molecule has 6 nitrogen and oxygen atoms in total. The van der Waals surface area contributed by atoms with Gasteiger partial charge in [-0.05, 0) is 131 Å². The average molecular weight is 1050 g/mol. The van der Waals surface area contributed by atoms with Crippen LogP contribution in [-0.2, 0) is 27.1 Å². The van der Waals surface area contributed by atoms with Crippen LogP contribution in [0.15, 0.2) is 180 Å². The molecule has 0 radical (unpaired) electrons. The first kappa shape index (κ1) is 52.6. The van der Waals surface area contributed by atoms with Gasteiger partial charge in [-0.25, -0.2) is 4.98 Å². The third kappa shape index (κ3) is 9.40. The number of rotatable bonds is 7. The number of ether oxygens (including phenoxy) is 1. The number of hydrogen-bond donors (Lipinski definition) is 0. The molecule has 4 heterocycles. The smallest absolute Gasteiger partial charge is 0.161 e. The van der Waals surface area contributed by atoms with Gasteiger partial charge in [-0.2, -0.15) is 0 Å². The number of pyridine rings is 1. The third-order valence-corrected chi connectivity index (χ3v) is 16.4. The monoisotopic (exact) mass is 1050 g/mol. The number of benzene rings is 8. The maximum atomic E-state index is 6.99. The van der Waals surface area contributed by atoms with Crippen molar-refractivity contribution in [1.29, 1.82) is 0 Å². The van der Waals surface area contributed by atoms with Gasteiger partial charge in [0.05, 0.1) is 28.0 Å². The molecule has 0 spiro atoms. The Labute approximate surface area is 473 Å². The molecule has 1 aliphatic rings. The SMILES string of the molecule is CC(C)(C)c1cc(-c2cccc(-c3cc(C(C)(C)C)cc(C(C)(C)C)c3)c2N2CN(c3cccc(Oc4ccc5c6oc7ccc8ccccc8c7c6n(-c6cc(C(C)(C)C)ccn6)c5c4)c3)c3ccccc32)cc(C(C)(C)C)c1. The van der Waals surface area contributed by atoms with Crippen LogP contribution < -0.4 is 14.5 Å². The molecular formula is C74H76N4O2. The zero-order valence-electron chi connectivity index (χ0n) is 49.6. The topological polar surface area (TPSA) is 46.7 Å². The molecule has 0 unspecified atom stereocenters. The van der Waals surface area contributed by atoms with Gasteiger partial charge in [0.2, 0.25) is 0 Å². The van der Waals surface area contributed by atoms with E-state index < -0.39 is 0 Å². The van der Waals surface area contributed by atoms with E-state index in [2.05, 4.69) is 288 Å². The van der Waals surface area contributed by atoms with E-state index in [0.29, 0.717) is 6.67 Å². The molecule has 0 atom stereocenters. The number of furan rings is 1. The Kier molecular flexibility index (Phi) is 12.3. The Morgan fingerprint density at radius 3 is 1.60 bits per heavy atom. The van der Waals surface area contributed by atoms with E-state index >= 15 is 0 Å². The standard InChI is InChI=1S/C74H76N4O2/c1-70(2,3)49-34-35-75-65(42-49)78-63-44-56(31-32-60(63)69-68(78)66-57-25-17-16-22-46(57)30-33-64(66)80-69)79-55-24-20-23-54(43-55)76-45-77(62-29-19-18-28-61(62)76)67-58(47-36-50(71(4,5)6)40-51(37-47)72(7,8)9)26-21-27-59(67)48-38-52(73(10,11)12)41-53(39-48)74(13,14)15/h16-44H,45H2,1-15H3. The van der Waals surface area contributed by atoms with Crippen molar-refractivity contribution in [3.8, 4) is 39.6 Å². The molecule has 3 aromatic heterocycles. The highest BCUT2D eigenvalue weighted by Gasteiger charge is 2.34. The molecule has 0 saturated carbocycles. The summed E-state index contributed by atoms with van der Waals surface area (Å²) in [6.45, 7) is 35.3. The molecule has 404 valence electrons. The van der Waals surface area contributed by atoms with Crippen molar-refractivity contribution in [2.24, 2.45) is 0 Å². The predicted octanol–water partition coefficient (Wildman–Crippen LogP) is 20.9. The number of hydrogen-bond acceptors (Lipinski definition) is 5. The van der Waals surface area contributed by atoms with Gasteiger partial charge in [0.25, 0.3) is 0 Å². The normalized spacial score (nSPS) is 13.6. The Morgan fingerprint density at radius 2 is 1.00 bits per heavy atom. The highest BCUT2D eigenvalue weighted by molar-refractivity contribution is 6.24. The fourth-order valence-electron chi connectivity index (χ4n) is 11.6. The van der Waals surface area contributed by atoms with E-state index in [4.69, 9.17) is 14.1 Å². The van der Waals surface area contributed by atoms with Crippen molar-refractivity contribution in [3.63, 3.8) is 0 Å².